The molecule has 2 aromatic carbocycles. The third kappa shape index (κ3) is 1.29. The Hall–Kier alpha value is -2.16. The zero-order chi connectivity index (χ0) is 11.0. The van der Waals surface area contributed by atoms with Gasteiger partial charge in [-0.25, -0.2) is 0 Å². The van der Waals surface area contributed by atoms with Gasteiger partial charge in [-0.3, -0.25) is 0 Å². The number of rotatable bonds is 1. The summed E-state index contributed by atoms with van der Waals surface area (Å²) < 4.78 is 10.4. The van der Waals surface area contributed by atoms with Gasteiger partial charge in [0.05, 0.1) is 0 Å². The number of phenols is 1. The molecule has 3 rings (SSSR count). The summed E-state index contributed by atoms with van der Waals surface area (Å²) in [5.41, 5.74) is 1.71. The van der Waals surface area contributed by atoms with Crippen molar-refractivity contribution in [2.24, 2.45) is 0 Å². The van der Waals surface area contributed by atoms with E-state index < -0.39 is 0 Å². The van der Waals surface area contributed by atoms with Gasteiger partial charge in [0, 0.05) is 5.56 Å². The third-order valence-electron chi connectivity index (χ3n) is 2.60. The van der Waals surface area contributed by atoms with E-state index in [1.165, 1.54) is 0 Å². The lowest BCUT2D eigenvalue weighted by Crippen LogP contribution is -1.93. The molecule has 0 aromatic heterocycles. The molecule has 1 heterocycles. The van der Waals surface area contributed by atoms with Crippen molar-refractivity contribution >= 4 is 0 Å². The van der Waals surface area contributed by atoms with Crippen LogP contribution in [0.25, 0.3) is 11.1 Å². The summed E-state index contributed by atoms with van der Waals surface area (Å²) in [6.07, 6.45) is 0. The second kappa shape index (κ2) is 3.45. The van der Waals surface area contributed by atoms with Gasteiger partial charge in [0.1, 0.15) is 0 Å². The highest BCUT2D eigenvalue weighted by molar-refractivity contribution is 5.75. The Morgan fingerprint density at radius 1 is 0.938 bits per heavy atom. The number of aromatic hydroxyl groups is 1. The van der Waals surface area contributed by atoms with Crippen LogP contribution in [0.5, 0.6) is 17.2 Å². The molecule has 2 aromatic rings. The number of benzene rings is 2. The molecule has 16 heavy (non-hydrogen) atoms. The zero-order valence-electron chi connectivity index (χ0n) is 8.51. The molecular weight excluding hydrogens is 204 g/mol. The summed E-state index contributed by atoms with van der Waals surface area (Å²) in [7, 11) is 0. The molecule has 0 atom stereocenters. The van der Waals surface area contributed by atoms with Crippen molar-refractivity contribution in [1.82, 2.24) is 0 Å². The van der Waals surface area contributed by atoms with Crippen LogP contribution in [0.2, 0.25) is 0 Å². The average Bonchev–Trinajstić information content (AvgIpc) is 2.80. The fourth-order valence-corrected chi connectivity index (χ4v) is 1.81. The van der Waals surface area contributed by atoms with E-state index in [-0.39, 0.29) is 12.5 Å². The van der Waals surface area contributed by atoms with E-state index >= 15 is 0 Å². The van der Waals surface area contributed by atoms with E-state index in [0.717, 1.165) is 11.1 Å². The van der Waals surface area contributed by atoms with Crippen LogP contribution < -0.4 is 9.47 Å². The first kappa shape index (κ1) is 9.09. The number of hydrogen-bond donors (Lipinski definition) is 1. The lowest BCUT2D eigenvalue weighted by Gasteiger charge is -2.06. The number of hydrogen-bond acceptors (Lipinski definition) is 3. The molecule has 0 fully saturated rings. The van der Waals surface area contributed by atoms with E-state index in [9.17, 15) is 5.11 Å². The Morgan fingerprint density at radius 2 is 1.75 bits per heavy atom. The number of phenolic OH excluding ortho intramolecular Hbond substituents is 1. The van der Waals surface area contributed by atoms with Crippen LogP contribution in [0.3, 0.4) is 0 Å². The second-order valence-electron chi connectivity index (χ2n) is 3.56. The van der Waals surface area contributed by atoms with Crippen molar-refractivity contribution < 1.29 is 14.6 Å². The van der Waals surface area contributed by atoms with Gasteiger partial charge in [-0.1, -0.05) is 30.3 Å². The highest BCUT2D eigenvalue weighted by Gasteiger charge is 2.20. The molecule has 0 spiro atoms. The van der Waals surface area contributed by atoms with Gasteiger partial charge in [-0.05, 0) is 17.7 Å². The largest absolute Gasteiger partial charge is 0.504 e. The normalized spacial score (nSPS) is 12.8. The summed E-state index contributed by atoms with van der Waals surface area (Å²) in [4.78, 5) is 0. The minimum atomic E-state index is 0.140. The van der Waals surface area contributed by atoms with Gasteiger partial charge >= 0.3 is 0 Å². The minimum Gasteiger partial charge on any atom is -0.504 e. The molecule has 1 aliphatic rings. The maximum absolute atomic E-state index is 10.1. The Morgan fingerprint density at radius 3 is 2.56 bits per heavy atom. The highest BCUT2D eigenvalue weighted by atomic mass is 16.7. The molecule has 3 nitrogen and oxygen atoms in total. The van der Waals surface area contributed by atoms with Crippen molar-refractivity contribution in [3.05, 3.63) is 42.5 Å². The Labute approximate surface area is 92.9 Å². The molecule has 0 bridgehead atoms. The Bertz CT molecular complexity index is 520. The van der Waals surface area contributed by atoms with Gasteiger partial charge in [-0.2, -0.15) is 0 Å². The maximum atomic E-state index is 10.1. The van der Waals surface area contributed by atoms with Crippen molar-refractivity contribution in [2.45, 2.75) is 0 Å². The van der Waals surface area contributed by atoms with Crippen LogP contribution in [-0.4, -0.2) is 11.9 Å². The first-order valence-corrected chi connectivity index (χ1v) is 5.03. The van der Waals surface area contributed by atoms with E-state index in [1.807, 2.05) is 42.5 Å². The lowest BCUT2D eigenvalue weighted by atomic mass is 10.0. The van der Waals surface area contributed by atoms with Crippen molar-refractivity contribution in [3.63, 3.8) is 0 Å². The molecule has 3 heteroatoms. The van der Waals surface area contributed by atoms with Gasteiger partial charge < -0.3 is 14.6 Å². The molecule has 0 saturated heterocycles. The molecule has 1 N–H and O–H groups in total. The summed E-state index contributed by atoms with van der Waals surface area (Å²) in [5.74, 6) is 1.17. The van der Waals surface area contributed by atoms with Crippen LogP contribution >= 0.6 is 0 Å². The SMILES string of the molecule is Oc1c(-c2ccccc2)ccc2c1OCO2. The minimum absolute atomic E-state index is 0.140. The lowest BCUT2D eigenvalue weighted by molar-refractivity contribution is 0.171. The van der Waals surface area contributed by atoms with Crippen molar-refractivity contribution in [1.29, 1.82) is 0 Å². The zero-order valence-corrected chi connectivity index (χ0v) is 8.51. The van der Waals surface area contributed by atoms with E-state index in [4.69, 9.17) is 9.47 Å². The molecule has 0 aliphatic carbocycles. The summed E-state index contributed by atoms with van der Waals surface area (Å²) in [5, 5.41) is 10.1. The molecule has 0 amide bonds. The van der Waals surface area contributed by atoms with Crippen LogP contribution in [0.4, 0.5) is 0 Å². The average molecular weight is 214 g/mol. The number of ether oxygens (including phenoxy) is 2. The first-order valence-electron chi connectivity index (χ1n) is 5.03. The number of fused-ring (bicyclic) bond motifs is 1. The topological polar surface area (TPSA) is 38.7 Å². The predicted octanol–water partition coefficient (Wildman–Crippen LogP) is 2.79. The van der Waals surface area contributed by atoms with Gasteiger partial charge in [0.2, 0.25) is 12.5 Å². The van der Waals surface area contributed by atoms with Crippen LogP contribution in [0, 0.1) is 0 Å². The molecule has 0 saturated carbocycles. The Balaban J connectivity index is 2.16. The van der Waals surface area contributed by atoms with Crippen molar-refractivity contribution in [2.75, 3.05) is 6.79 Å². The fraction of sp³-hybridized carbons (Fsp3) is 0.0769. The smallest absolute Gasteiger partial charge is 0.231 e. The second-order valence-corrected chi connectivity index (χ2v) is 3.56. The van der Waals surface area contributed by atoms with Gasteiger partial charge in [0.25, 0.3) is 0 Å². The van der Waals surface area contributed by atoms with Crippen LogP contribution in [0.1, 0.15) is 0 Å². The summed E-state index contributed by atoms with van der Waals surface area (Å²) >= 11 is 0. The maximum Gasteiger partial charge on any atom is 0.231 e. The van der Waals surface area contributed by atoms with Crippen molar-refractivity contribution in [3.8, 4) is 28.4 Å². The van der Waals surface area contributed by atoms with Gasteiger partial charge in [0.15, 0.2) is 11.5 Å². The highest BCUT2D eigenvalue weighted by Crippen LogP contribution is 2.45. The quantitative estimate of drug-likeness (QED) is 0.793. The third-order valence-corrected chi connectivity index (χ3v) is 2.60. The van der Waals surface area contributed by atoms with E-state index in [1.54, 1.807) is 0 Å². The van der Waals surface area contributed by atoms with Crippen LogP contribution in [0.15, 0.2) is 42.5 Å². The molecular formula is C13H10O3. The molecule has 0 unspecified atom stereocenters. The van der Waals surface area contributed by atoms with Crippen LogP contribution in [-0.2, 0) is 0 Å². The Kier molecular flexibility index (Phi) is 1.96. The van der Waals surface area contributed by atoms with Gasteiger partial charge in [-0.15, -0.1) is 0 Å². The summed E-state index contributed by atoms with van der Waals surface area (Å²) in [6.45, 7) is 0.168. The monoisotopic (exact) mass is 214 g/mol. The van der Waals surface area contributed by atoms with E-state index in [2.05, 4.69) is 0 Å². The standard InChI is InChI=1S/C13H10O3/c14-12-10(9-4-2-1-3-5-9)6-7-11-13(12)16-8-15-11/h1-7,14H,8H2. The predicted molar refractivity (Wildman–Crippen MR) is 59.7 cm³/mol. The van der Waals surface area contributed by atoms with E-state index in [0.29, 0.717) is 11.5 Å². The molecule has 80 valence electrons. The first-order chi connectivity index (χ1) is 7.86. The summed E-state index contributed by atoms with van der Waals surface area (Å²) in [6, 6.07) is 13.3. The molecule has 1 aliphatic heterocycles. The fourth-order valence-electron chi connectivity index (χ4n) is 1.81. The molecule has 0 radical (unpaired) electrons.